The summed E-state index contributed by atoms with van der Waals surface area (Å²) < 4.78 is 44.9. The molecule has 3 aromatic rings. The fourth-order valence-corrected chi connectivity index (χ4v) is 3.46. The van der Waals surface area contributed by atoms with Gasteiger partial charge in [-0.2, -0.15) is 18.2 Å². The number of rotatable bonds is 9. The Bertz CT molecular complexity index is 1140. The zero-order chi connectivity index (χ0) is 24.7. The van der Waals surface area contributed by atoms with Gasteiger partial charge in [-0.05, 0) is 56.2 Å². The van der Waals surface area contributed by atoms with Crippen molar-refractivity contribution in [2.45, 2.75) is 32.9 Å². The van der Waals surface area contributed by atoms with Gasteiger partial charge in [-0.15, -0.1) is 0 Å². The minimum Gasteiger partial charge on any atom is -0.439 e. The number of aromatic nitrogens is 2. The first-order chi connectivity index (χ1) is 16.2. The van der Waals surface area contributed by atoms with Gasteiger partial charge in [0.2, 0.25) is 17.7 Å². The molecule has 0 fully saturated rings. The molecule has 0 aliphatic heterocycles. The van der Waals surface area contributed by atoms with Gasteiger partial charge in [0.25, 0.3) is 0 Å². The summed E-state index contributed by atoms with van der Waals surface area (Å²) >= 11 is 5.62. The van der Waals surface area contributed by atoms with E-state index < -0.39 is 22.7 Å². The second-order valence-corrected chi connectivity index (χ2v) is 7.76. The quantitative estimate of drug-likeness (QED) is 0.376. The van der Waals surface area contributed by atoms with Crippen molar-refractivity contribution in [1.29, 1.82) is 0 Å². The van der Waals surface area contributed by atoms with Crippen LogP contribution < -0.4 is 15.0 Å². The Balaban J connectivity index is 1.61. The Morgan fingerprint density at radius 2 is 1.88 bits per heavy atom. The van der Waals surface area contributed by atoms with Crippen LogP contribution in [0.5, 0.6) is 11.6 Å². The van der Waals surface area contributed by atoms with E-state index in [2.05, 4.69) is 15.3 Å². The molecule has 0 saturated heterocycles. The van der Waals surface area contributed by atoms with Crippen LogP contribution in [0.4, 0.5) is 24.8 Å². The van der Waals surface area contributed by atoms with E-state index in [1.807, 2.05) is 24.8 Å². The van der Waals surface area contributed by atoms with E-state index in [1.165, 1.54) is 6.07 Å². The highest BCUT2D eigenvalue weighted by Gasteiger charge is 2.33. The number of aryl methyl sites for hydroxylation is 1. The van der Waals surface area contributed by atoms with E-state index in [-0.39, 0.29) is 12.1 Å². The van der Waals surface area contributed by atoms with Crippen LogP contribution in [0.25, 0.3) is 0 Å². The van der Waals surface area contributed by atoms with Gasteiger partial charge in [0, 0.05) is 37.5 Å². The molecule has 1 amide bonds. The molecule has 0 bridgehead atoms. The molecule has 0 aliphatic rings. The van der Waals surface area contributed by atoms with E-state index in [1.54, 1.807) is 30.5 Å². The first-order valence-corrected chi connectivity index (χ1v) is 11.1. The molecule has 10 heteroatoms. The van der Waals surface area contributed by atoms with Gasteiger partial charge in [0.05, 0.1) is 10.6 Å². The van der Waals surface area contributed by atoms with Crippen LogP contribution in [0.2, 0.25) is 5.02 Å². The van der Waals surface area contributed by atoms with Crippen molar-refractivity contribution >= 4 is 29.1 Å². The zero-order valence-corrected chi connectivity index (χ0v) is 19.5. The number of amides is 1. The number of nitrogens with zero attached hydrogens (tertiary/aromatic N) is 3. The third-order valence-electron chi connectivity index (χ3n) is 4.98. The fourth-order valence-electron chi connectivity index (χ4n) is 3.23. The fraction of sp³-hybridized carbons (Fsp3) is 0.292. The maximum absolute atomic E-state index is 13.0. The monoisotopic (exact) mass is 492 g/mol. The second kappa shape index (κ2) is 11.2. The Hall–Kier alpha value is -3.33. The van der Waals surface area contributed by atoms with Crippen molar-refractivity contribution in [1.82, 2.24) is 9.97 Å². The standard InChI is InChI=1S/C24H24ClF3N4O2/c1-3-32(4-2)23-29-13-12-22(31-23)34-18-7-5-6-16(14-18)8-11-21(33)30-17-9-10-20(25)19(15-17)24(26,27)28/h5-7,9-10,12-15H,3-4,8,11H2,1-2H3,(H,30,33). The molecule has 1 heterocycles. The Morgan fingerprint density at radius 3 is 2.59 bits per heavy atom. The summed E-state index contributed by atoms with van der Waals surface area (Å²) in [7, 11) is 0. The lowest BCUT2D eigenvalue weighted by Crippen LogP contribution is -2.24. The van der Waals surface area contributed by atoms with Crippen molar-refractivity contribution in [2.24, 2.45) is 0 Å². The summed E-state index contributed by atoms with van der Waals surface area (Å²) in [5, 5.41) is 2.06. The van der Waals surface area contributed by atoms with Crippen LogP contribution in [0.15, 0.2) is 54.7 Å². The average molecular weight is 493 g/mol. The minimum absolute atomic E-state index is 0.0339. The third kappa shape index (κ3) is 6.84. The van der Waals surface area contributed by atoms with Gasteiger partial charge in [-0.1, -0.05) is 23.7 Å². The van der Waals surface area contributed by atoms with Gasteiger partial charge in [-0.3, -0.25) is 4.79 Å². The maximum atomic E-state index is 13.0. The molecular weight excluding hydrogens is 469 g/mol. The predicted octanol–water partition coefficient (Wildman–Crippen LogP) is 6.36. The highest BCUT2D eigenvalue weighted by molar-refractivity contribution is 6.31. The number of nitrogens with one attached hydrogen (secondary N) is 1. The van der Waals surface area contributed by atoms with Crippen molar-refractivity contribution in [3.05, 3.63) is 70.9 Å². The molecule has 0 unspecified atom stereocenters. The van der Waals surface area contributed by atoms with E-state index in [0.717, 1.165) is 30.8 Å². The van der Waals surface area contributed by atoms with Crippen molar-refractivity contribution in [3.63, 3.8) is 0 Å². The van der Waals surface area contributed by atoms with Gasteiger partial charge < -0.3 is 15.0 Å². The summed E-state index contributed by atoms with van der Waals surface area (Å²) in [5.41, 5.74) is -0.130. The summed E-state index contributed by atoms with van der Waals surface area (Å²) in [5.74, 6) is 1.11. The number of carbonyl (C=O) groups excluding carboxylic acids is 1. The Kier molecular flexibility index (Phi) is 8.33. The lowest BCUT2D eigenvalue weighted by Gasteiger charge is -2.18. The number of anilines is 2. The highest BCUT2D eigenvalue weighted by Crippen LogP contribution is 2.36. The Labute approximate surface area is 200 Å². The van der Waals surface area contributed by atoms with Crippen LogP contribution in [-0.2, 0) is 17.4 Å². The minimum atomic E-state index is -4.60. The summed E-state index contributed by atoms with van der Waals surface area (Å²) in [6.45, 7) is 5.57. The van der Waals surface area contributed by atoms with Crippen LogP contribution in [0, 0.1) is 0 Å². The third-order valence-corrected chi connectivity index (χ3v) is 5.31. The molecule has 0 spiro atoms. The van der Waals surface area contributed by atoms with Crippen LogP contribution in [0.3, 0.4) is 0 Å². The molecular formula is C24H24ClF3N4O2. The predicted molar refractivity (Wildman–Crippen MR) is 126 cm³/mol. The summed E-state index contributed by atoms with van der Waals surface area (Å²) in [6.07, 6.45) is -2.52. The van der Waals surface area contributed by atoms with Crippen molar-refractivity contribution in [3.8, 4) is 11.6 Å². The first kappa shape index (κ1) is 25.3. The van der Waals surface area contributed by atoms with Gasteiger partial charge in [-0.25, -0.2) is 4.98 Å². The molecule has 2 aromatic carbocycles. The van der Waals surface area contributed by atoms with E-state index in [0.29, 0.717) is 24.0 Å². The van der Waals surface area contributed by atoms with Gasteiger partial charge >= 0.3 is 6.18 Å². The average Bonchev–Trinajstić information content (AvgIpc) is 2.80. The number of halogens is 4. The van der Waals surface area contributed by atoms with Crippen LogP contribution in [-0.4, -0.2) is 29.0 Å². The van der Waals surface area contributed by atoms with Crippen LogP contribution in [0.1, 0.15) is 31.4 Å². The molecule has 34 heavy (non-hydrogen) atoms. The highest BCUT2D eigenvalue weighted by atomic mass is 35.5. The molecule has 0 saturated carbocycles. The second-order valence-electron chi connectivity index (χ2n) is 7.36. The van der Waals surface area contributed by atoms with Gasteiger partial charge in [0.1, 0.15) is 5.75 Å². The summed E-state index contributed by atoms with van der Waals surface area (Å²) in [4.78, 5) is 23.0. The number of hydrogen-bond donors (Lipinski definition) is 1. The molecule has 3 rings (SSSR count). The molecule has 1 aromatic heterocycles. The largest absolute Gasteiger partial charge is 0.439 e. The lowest BCUT2D eigenvalue weighted by atomic mass is 10.1. The van der Waals surface area contributed by atoms with Gasteiger partial charge in [0.15, 0.2) is 0 Å². The van der Waals surface area contributed by atoms with Crippen molar-refractivity contribution < 1.29 is 22.7 Å². The smallest absolute Gasteiger partial charge is 0.417 e. The molecule has 180 valence electrons. The van der Waals surface area contributed by atoms with E-state index >= 15 is 0 Å². The van der Waals surface area contributed by atoms with E-state index in [9.17, 15) is 18.0 Å². The number of benzene rings is 2. The number of ether oxygens (including phenoxy) is 1. The maximum Gasteiger partial charge on any atom is 0.417 e. The zero-order valence-electron chi connectivity index (χ0n) is 18.7. The summed E-state index contributed by atoms with van der Waals surface area (Å²) in [6, 6.07) is 12.1. The number of alkyl halides is 3. The molecule has 6 nitrogen and oxygen atoms in total. The van der Waals surface area contributed by atoms with E-state index in [4.69, 9.17) is 16.3 Å². The first-order valence-electron chi connectivity index (χ1n) is 10.7. The lowest BCUT2D eigenvalue weighted by molar-refractivity contribution is -0.137. The molecule has 0 atom stereocenters. The normalized spacial score (nSPS) is 11.2. The van der Waals surface area contributed by atoms with Crippen molar-refractivity contribution in [2.75, 3.05) is 23.3 Å². The number of hydrogen-bond acceptors (Lipinski definition) is 5. The molecule has 0 aliphatic carbocycles. The topological polar surface area (TPSA) is 67.4 Å². The molecule has 0 radical (unpaired) electrons. The Morgan fingerprint density at radius 1 is 1.12 bits per heavy atom. The SMILES string of the molecule is CCN(CC)c1nccc(Oc2cccc(CCC(=O)Nc3ccc(Cl)c(C(F)(F)F)c3)c2)n1. The molecule has 1 N–H and O–H groups in total. The number of carbonyl (C=O) groups is 1. The van der Waals surface area contributed by atoms with Crippen LogP contribution >= 0.6 is 11.6 Å².